The Morgan fingerprint density at radius 3 is 2.70 bits per heavy atom. The van der Waals surface area contributed by atoms with Crippen LogP contribution in [-0.4, -0.2) is 48.7 Å². The van der Waals surface area contributed by atoms with Crippen molar-refractivity contribution >= 4 is 29.9 Å². The van der Waals surface area contributed by atoms with E-state index >= 15 is 0 Å². The second-order valence-corrected chi connectivity index (χ2v) is 7.08. The minimum Gasteiger partial charge on any atom is -0.361 e. The molecule has 2 N–H and O–H groups in total. The number of aliphatic imine (C=N–C) groups is 1. The topological polar surface area (TPSA) is 65.7 Å². The SMILES string of the molecule is CCCCN1CCCCC1CNC(=NC)NCc1c(CC)noc1CC.I. The Morgan fingerprint density at radius 1 is 1.22 bits per heavy atom. The first-order valence-electron chi connectivity index (χ1n) is 10.4. The molecule has 2 rings (SSSR count). The third-order valence-corrected chi connectivity index (χ3v) is 5.32. The molecule has 1 saturated heterocycles. The van der Waals surface area contributed by atoms with Crippen LogP contribution in [0.15, 0.2) is 9.52 Å². The molecule has 6 nitrogen and oxygen atoms in total. The number of rotatable bonds is 9. The number of hydrogen-bond acceptors (Lipinski definition) is 4. The van der Waals surface area contributed by atoms with Crippen molar-refractivity contribution in [2.45, 2.75) is 78.3 Å². The maximum Gasteiger partial charge on any atom is 0.191 e. The van der Waals surface area contributed by atoms with E-state index in [-0.39, 0.29) is 24.0 Å². The fourth-order valence-electron chi connectivity index (χ4n) is 3.69. The summed E-state index contributed by atoms with van der Waals surface area (Å²) in [5.41, 5.74) is 2.23. The van der Waals surface area contributed by atoms with Crippen molar-refractivity contribution in [2.24, 2.45) is 4.99 Å². The van der Waals surface area contributed by atoms with E-state index in [9.17, 15) is 0 Å². The molecule has 1 aliphatic rings. The molecule has 1 unspecified atom stereocenters. The summed E-state index contributed by atoms with van der Waals surface area (Å²) >= 11 is 0. The molecule has 0 aliphatic carbocycles. The summed E-state index contributed by atoms with van der Waals surface area (Å²) < 4.78 is 5.45. The van der Waals surface area contributed by atoms with Crippen LogP contribution >= 0.6 is 24.0 Å². The zero-order valence-corrected chi connectivity index (χ0v) is 19.8. The number of hydrogen-bond donors (Lipinski definition) is 2. The lowest BCUT2D eigenvalue weighted by atomic mass is 10.0. The predicted molar refractivity (Wildman–Crippen MR) is 123 cm³/mol. The Labute approximate surface area is 181 Å². The molecule has 0 aromatic carbocycles. The van der Waals surface area contributed by atoms with Crippen LogP contribution in [0, 0.1) is 0 Å². The van der Waals surface area contributed by atoms with Crippen LogP contribution in [-0.2, 0) is 19.4 Å². The van der Waals surface area contributed by atoms with E-state index in [1.165, 1.54) is 50.8 Å². The van der Waals surface area contributed by atoms with E-state index in [2.05, 4.69) is 46.5 Å². The maximum absolute atomic E-state index is 5.45. The van der Waals surface area contributed by atoms with Gasteiger partial charge in [0.25, 0.3) is 0 Å². The lowest BCUT2D eigenvalue weighted by Crippen LogP contribution is -2.49. The molecule has 1 aromatic rings. The van der Waals surface area contributed by atoms with Crippen molar-refractivity contribution in [1.82, 2.24) is 20.7 Å². The molecular formula is C20H38IN5O. The van der Waals surface area contributed by atoms with Crippen molar-refractivity contribution in [2.75, 3.05) is 26.7 Å². The summed E-state index contributed by atoms with van der Waals surface area (Å²) in [6.45, 7) is 10.6. The van der Waals surface area contributed by atoms with Gasteiger partial charge in [-0.2, -0.15) is 0 Å². The van der Waals surface area contributed by atoms with Gasteiger partial charge in [0.05, 0.1) is 5.69 Å². The largest absolute Gasteiger partial charge is 0.361 e. The van der Waals surface area contributed by atoms with Gasteiger partial charge in [0.15, 0.2) is 5.96 Å². The molecule has 0 spiro atoms. The first-order chi connectivity index (χ1) is 12.7. The molecule has 1 fully saturated rings. The fraction of sp³-hybridized carbons (Fsp3) is 0.800. The fourth-order valence-corrected chi connectivity index (χ4v) is 3.69. The second kappa shape index (κ2) is 13.4. The average Bonchev–Trinajstić information content (AvgIpc) is 3.09. The van der Waals surface area contributed by atoms with Gasteiger partial charge in [0, 0.05) is 38.2 Å². The quantitative estimate of drug-likeness (QED) is 0.313. The number of piperidine rings is 1. The van der Waals surface area contributed by atoms with Crippen LogP contribution in [0.2, 0.25) is 0 Å². The van der Waals surface area contributed by atoms with Gasteiger partial charge in [0.2, 0.25) is 0 Å². The van der Waals surface area contributed by atoms with Gasteiger partial charge in [-0.25, -0.2) is 0 Å². The summed E-state index contributed by atoms with van der Waals surface area (Å²) in [6, 6.07) is 0.613. The Morgan fingerprint density at radius 2 is 2.04 bits per heavy atom. The van der Waals surface area contributed by atoms with Crippen molar-refractivity contribution in [3.05, 3.63) is 17.0 Å². The van der Waals surface area contributed by atoms with E-state index in [1.54, 1.807) is 0 Å². The lowest BCUT2D eigenvalue weighted by molar-refractivity contribution is 0.147. The minimum atomic E-state index is 0. The molecule has 1 atom stereocenters. The molecular weight excluding hydrogens is 453 g/mol. The van der Waals surface area contributed by atoms with Gasteiger partial charge in [-0.15, -0.1) is 24.0 Å². The van der Waals surface area contributed by atoms with Crippen LogP contribution in [0.4, 0.5) is 0 Å². The summed E-state index contributed by atoms with van der Waals surface area (Å²) in [7, 11) is 1.83. The number of nitrogens with zero attached hydrogens (tertiary/aromatic N) is 3. The molecule has 156 valence electrons. The van der Waals surface area contributed by atoms with E-state index in [1.807, 2.05) is 7.05 Å². The third kappa shape index (κ3) is 7.25. The van der Waals surface area contributed by atoms with Gasteiger partial charge < -0.3 is 15.2 Å². The van der Waals surface area contributed by atoms with Gasteiger partial charge in [-0.1, -0.05) is 38.8 Å². The summed E-state index contributed by atoms with van der Waals surface area (Å²) in [4.78, 5) is 7.05. The van der Waals surface area contributed by atoms with Crippen molar-refractivity contribution < 1.29 is 4.52 Å². The van der Waals surface area contributed by atoms with Crippen LogP contribution in [0.25, 0.3) is 0 Å². The minimum absolute atomic E-state index is 0. The normalized spacial score (nSPS) is 18.2. The standard InChI is InChI=1S/C20H37N5O.HI/c1-5-8-12-25-13-10-9-11-16(25)14-22-20(21-4)23-15-17-18(6-2)24-26-19(17)7-3;/h16H,5-15H2,1-4H3,(H2,21,22,23);1H. The molecule has 0 amide bonds. The van der Waals surface area contributed by atoms with Crippen molar-refractivity contribution in [1.29, 1.82) is 0 Å². The number of likely N-dealkylation sites (tertiary alicyclic amines) is 1. The highest BCUT2D eigenvalue weighted by atomic mass is 127. The molecule has 0 radical (unpaired) electrons. The van der Waals surface area contributed by atoms with Crippen molar-refractivity contribution in [3.63, 3.8) is 0 Å². The van der Waals surface area contributed by atoms with E-state index in [0.717, 1.165) is 36.8 Å². The highest BCUT2D eigenvalue weighted by molar-refractivity contribution is 14.0. The molecule has 2 heterocycles. The molecule has 7 heteroatoms. The predicted octanol–water partition coefficient (Wildman–Crippen LogP) is 3.74. The Hall–Kier alpha value is -0.830. The Bertz CT molecular complexity index is 539. The second-order valence-electron chi connectivity index (χ2n) is 7.08. The van der Waals surface area contributed by atoms with Gasteiger partial charge >= 0.3 is 0 Å². The van der Waals surface area contributed by atoms with E-state index in [4.69, 9.17) is 4.52 Å². The molecule has 1 aromatic heterocycles. The van der Waals surface area contributed by atoms with Crippen molar-refractivity contribution in [3.8, 4) is 0 Å². The number of aryl methyl sites for hydroxylation is 2. The Balaban J connectivity index is 0.00000364. The number of guanidine groups is 1. The lowest BCUT2D eigenvalue weighted by Gasteiger charge is -2.36. The number of aromatic nitrogens is 1. The summed E-state index contributed by atoms with van der Waals surface area (Å²) in [6.07, 6.45) is 8.25. The molecule has 0 saturated carbocycles. The zero-order chi connectivity index (χ0) is 18.8. The summed E-state index contributed by atoms with van der Waals surface area (Å²) in [5, 5.41) is 11.2. The highest BCUT2D eigenvalue weighted by Gasteiger charge is 2.22. The first kappa shape index (κ1) is 24.2. The Kier molecular flexibility index (Phi) is 12.0. The third-order valence-electron chi connectivity index (χ3n) is 5.32. The number of halogens is 1. The van der Waals surface area contributed by atoms with E-state index in [0.29, 0.717) is 12.6 Å². The van der Waals surface area contributed by atoms with Crippen LogP contribution < -0.4 is 10.6 Å². The number of nitrogens with one attached hydrogen (secondary N) is 2. The first-order valence-corrected chi connectivity index (χ1v) is 10.4. The van der Waals surface area contributed by atoms with E-state index < -0.39 is 0 Å². The molecule has 1 aliphatic heterocycles. The molecule has 0 bridgehead atoms. The average molecular weight is 491 g/mol. The van der Waals surface area contributed by atoms with Crippen LogP contribution in [0.1, 0.15) is 69.9 Å². The van der Waals surface area contributed by atoms with Crippen LogP contribution in [0.3, 0.4) is 0 Å². The zero-order valence-electron chi connectivity index (χ0n) is 17.5. The molecule has 27 heavy (non-hydrogen) atoms. The summed E-state index contributed by atoms with van der Waals surface area (Å²) in [5.74, 6) is 1.83. The smallest absolute Gasteiger partial charge is 0.191 e. The van der Waals surface area contributed by atoms with Gasteiger partial charge in [-0.05, 0) is 38.8 Å². The van der Waals surface area contributed by atoms with Gasteiger partial charge in [0.1, 0.15) is 5.76 Å². The maximum atomic E-state index is 5.45. The highest BCUT2D eigenvalue weighted by Crippen LogP contribution is 2.17. The monoisotopic (exact) mass is 491 g/mol. The van der Waals surface area contributed by atoms with Crippen LogP contribution in [0.5, 0.6) is 0 Å². The van der Waals surface area contributed by atoms with Gasteiger partial charge in [-0.3, -0.25) is 9.89 Å². The number of unbranched alkanes of at least 4 members (excludes halogenated alkanes) is 1.